The Labute approximate surface area is 250 Å². The molecule has 0 saturated heterocycles. The Kier molecular flexibility index (Phi) is 9.50. The highest BCUT2D eigenvalue weighted by Gasteiger charge is 2.34. The van der Waals surface area contributed by atoms with Gasteiger partial charge in [-0.1, -0.05) is 12.1 Å². The molecule has 0 radical (unpaired) electrons. The fourth-order valence-corrected chi connectivity index (χ4v) is 6.20. The molecule has 0 unspecified atom stereocenters. The number of aryl methyl sites for hydroxylation is 2. The summed E-state index contributed by atoms with van der Waals surface area (Å²) < 4.78 is 45.2. The van der Waals surface area contributed by atoms with Crippen LogP contribution < -0.4 is 19.5 Å². The first kappa shape index (κ1) is 31.6. The molecule has 0 bridgehead atoms. The van der Waals surface area contributed by atoms with Crippen molar-refractivity contribution >= 4 is 33.3 Å². The second-order valence-corrected chi connectivity index (χ2v) is 12.3. The van der Waals surface area contributed by atoms with E-state index in [2.05, 4.69) is 15.2 Å². The van der Waals surface area contributed by atoms with Gasteiger partial charge >= 0.3 is 6.03 Å². The Hall–Kier alpha value is -4.30. The summed E-state index contributed by atoms with van der Waals surface area (Å²) in [6.45, 7) is 6.78. The standard InChI is InChI=1S/C29H37N5O8S/c1-17-14-34(18(2)16-35)28(36)24-13-22(32-43(38,39)27-19(3)31-42-20(27)4)9-12-25(24)41-26(17)15-33(5)29(37)30-21-7-10-23(40-6)11-8-21/h7-13,17-18,26,32,35H,14-16H2,1-6H3,(H,30,37)/t17-,18-,26+/m0/s1. The fraction of sp³-hybridized carbons (Fsp3) is 0.414. The van der Waals surface area contributed by atoms with Crippen molar-refractivity contribution in [1.82, 2.24) is 15.0 Å². The summed E-state index contributed by atoms with van der Waals surface area (Å²) in [6, 6.07) is 10.5. The highest BCUT2D eigenvalue weighted by atomic mass is 32.2. The van der Waals surface area contributed by atoms with E-state index in [-0.39, 0.29) is 65.0 Å². The van der Waals surface area contributed by atoms with Crippen LogP contribution in [0.1, 0.15) is 35.7 Å². The number of hydrogen-bond donors (Lipinski definition) is 3. The zero-order valence-corrected chi connectivity index (χ0v) is 25.8. The molecule has 0 saturated carbocycles. The maximum atomic E-state index is 13.7. The van der Waals surface area contributed by atoms with Crippen LogP contribution >= 0.6 is 0 Å². The predicted octanol–water partition coefficient (Wildman–Crippen LogP) is 3.48. The average Bonchev–Trinajstić information content (AvgIpc) is 3.33. The number of carbonyl (C=O) groups is 2. The predicted molar refractivity (Wildman–Crippen MR) is 159 cm³/mol. The number of benzene rings is 2. The van der Waals surface area contributed by atoms with E-state index in [1.54, 1.807) is 45.3 Å². The third-order valence-electron chi connectivity index (χ3n) is 7.30. The lowest BCUT2D eigenvalue weighted by Gasteiger charge is -2.38. The highest BCUT2D eigenvalue weighted by molar-refractivity contribution is 7.92. The van der Waals surface area contributed by atoms with Crippen molar-refractivity contribution in [2.45, 2.75) is 44.7 Å². The molecule has 2 aromatic carbocycles. The quantitative estimate of drug-likeness (QED) is 0.327. The van der Waals surface area contributed by atoms with Crippen LogP contribution in [0.25, 0.3) is 0 Å². The number of anilines is 2. The van der Waals surface area contributed by atoms with Crippen LogP contribution in [0.5, 0.6) is 11.5 Å². The molecule has 4 rings (SSSR count). The number of amides is 3. The van der Waals surface area contributed by atoms with Crippen LogP contribution in [0, 0.1) is 19.8 Å². The zero-order chi connectivity index (χ0) is 31.5. The van der Waals surface area contributed by atoms with Gasteiger partial charge in [0.25, 0.3) is 15.9 Å². The van der Waals surface area contributed by atoms with Gasteiger partial charge in [-0.05, 0) is 63.2 Å². The molecule has 13 nitrogen and oxygen atoms in total. The molecule has 2 heterocycles. The smallest absolute Gasteiger partial charge is 0.321 e. The number of sulfonamides is 1. The molecule has 3 amide bonds. The number of aliphatic hydroxyl groups is 1. The van der Waals surface area contributed by atoms with Crippen LogP contribution in [0.3, 0.4) is 0 Å². The molecule has 1 aliphatic heterocycles. The minimum atomic E-state index is -4.07. The van der Waals surface area contributed by atoms with Gasteiger partial charge in [0.15, 0.2) is 10.7 Å². The topological polar surface area (TPSA) is 164 Å². The maximum absolute atomic E-state index is 13.7. The van der Waals surface area contributed by atoms with Gasteiger partial charge in [-0.3, -0.25) is 9.52 Å². The number of nitrogens with zero attached hydrogens (tertiary/aromatic N) is 3. The normalized spacial score (nSPS) is 17.7. The number of aromatic nitrogens is 1. The molecule has 43 heavy (non-hydrogen) atoms. The lowest BCUT2D eigenvalue weighted by molar-refractivity contribution is 0.0371. The third kappa shape index (κ3) is 7.03. The van der Waals surface area contributed by atoms with Gasteiger partial charge in [-0.25, -0.2) is 13.2 Å². The van der Waals surface area contributed by atoms with Gasteiger partial charge in [0.05, 0.1) is 31.9 Å². The second-order valence-electron chi connectivity index (χ2n) is 10.6. The lowest BCUT2D eigenvalue weighted by atomic mass is 9.99. The van der Waals surface area contributed by atoms with Crippen LogP contribution in [-0.2, 0) is 10.0 Å². The van der Waals surface area contributed by atoms with Crippen LogP contribution in [-0.4, -0.2) is 86.4 Å². The lowest BCUT2D eigenvalue weighted by Crippen LogP contribution is -2.50. The number of aliphatic hydroxyl groups excluding tert-OH is 1. The van der Waals surface area contributed by atoms with Crippen molar-refractivity contribution < 1.29 is 37.1 Å². The van der Waals surface area contributed by atoms with Gasteiger partial charge in [0, 0.05) is 30.9 Å². The molecule has 1 aliphatic rings. The van der Waals surface area contributed by atoms with Crippen molar-refractivity contribution in [2.75, 3.05) is 43.9 Å². The van der Waals surface area contributed by atoms with Crippen molar-refractivity contribution in [3.63, 3.8) is 0 Å². The van der Waals surface area contributed by atoms with Gasteiger partial charge in [0.1, 0.15) is 23.3 Å². The monoisotopic (exact) mass is 615 g/mol. The first-order chi connectivity index (χ1) is 20.3. The van der Waals surface area contributed by atoms with Crippen LogP contribution in [0.4, 0.5) is 16.2 Å². The van der Waals surface area contributed by atoms with Crippen molar-refractivity contribution in [3.8, 4) is 11.5 Å². The molecular formula is C29H37N5O8S. The molecule has 232 valence electrons. The van der Waals surface area contributed by atoms with Crippen LogP contribution in [0.15, 0.2) is 51.9 Å². The van der Waals surface area contributed by atoms with E-state index in [0.717, 1.165) is 0 Å². The van der Waals surface area contributed by atoms with E-state index < -0.39 is 28.1 Å². The molecule has 3 atom stereocenters. The van der Waals surface area contributed by atoms with E-state index in [4.69, 9.17) is 14.0 Å². The average molecular weight is 616 g/mol. The Balaban J connectivity index is 1.61. The summed E-state index contributed by atoms with van der Waals surface area (Å²) in [7, 11) is -0.871. The number of urea groups is 1. The van der Waals surface area contributed by atoms with Crippen LogP contribution in [0.2, 0.25) is 0 Å². The van der Waals surface area contributed by atoms with E-state index in [9.17, 15) is 23.1 Å². The molecular weight excluding hydrogens is 578 g/mol. The summed E-state index contributed by atoms with van der Waals surface area (Å²) in [5, 5.41) is 16.5. The molecule has 0 fully saturated rings. The van der Waals surface area contributed by atoms with E-state index in [1.807, 2.05) is 6.92 Å². The number of likely N-dealkylation sites (N-methyl/N-ethyl adjacent to an activating group) is 1. The van der Waals surface area contributed by atoms with Gasteiger partial charge in [-0.15, -0.1) is 0 Å². The number of ether oxygens (including phenoxy) is 2. The molecule has 3 aromatic rings. The number of carbonyl (C=O) groups excluding carboxylic acids is 2. The maximum Gasteiger partial charge on any atom is 0.321 e. The Morgan fingerprint density at radius 1 is 1.21 bits per heavy atom. The first-order valence-corrected chi connectivity index (χ1v) is 15.2. The van der Waals surface area contributed by atoms with E-state index in [0.29, 0.717) is 11.4 Å². The molecule has 1 aromatic heterocycles. The third-order valence-corrected chi connectivity index (χ3v) is 8.92. The number of hydrogen-bond acceptors (Lipinski definition) is 9. The van der Waals surface area contributed by atoms with Crippen molar-refractivity contribution in [1.29, 1.82) is 0 Å². The zero-order valence-electron chi connectivity index (χ0n) is 24.9. The highest BCUT2D eigenvalue weighted by Crippen LogP contribution is 2.32. The molecule has 3 N–H and O–H groups in total. The summed E-state index contributed by atoms with van der Waals surface area (Å²) in [5.41, 5.74) is 1.04. The Morgan fingerprint density at radius 2 is 1.88 bits per heavy atom. The minimum Gasteiger partial charge on any atom is -0.497 e. The number of fused-ring (bicyclic) bond motifs is 1. The van der Waals surface area contributed by atoms with E-state index >= 15 is 0 Å². The SMILES string of the molecule is COc1ccc(NC(=O)N(C)C[C@H]2Oc3ccc(NS(=O)(=O)c4c(C)noc4C)cc3C(=O)N([C@@H](C)CO)C[C@@H]2C)cc1. The molecule has 14 heteroatoms. The fourth-order valence-electron chi connectivity index (χ4n) is 4.81. The largest absolute Gasteiger partial charge is 0.497 e. The second kappa shape index (κ2) is 12.9. The number of methoxy groups -OCH3 is 1. The first-order valence-electron chi connectivity index (χ1n) is 13.7. The number of nitrogens with one attached hydrogen (secondary N) is 2. The number of rotatable bonds is 9. The Morgan fingerprint density at radius 3 is 2.49 bits per heavy atom. The van der Waals surface area contributed by atoms with Gasteiger partial charge in [-0.2, -0.15) is 0 Å². The summed E-state index contributed by atoms with van der Waals surface area (Å²) in [5.74, 6) is 0.361. The Bertz CT molecular complexity index is 1550. The summed E-state index contributed by atoms with van der Waals surface area (Å²) >= 11 is 0. The van der Waals surface area contributed by atoms with Crippen molar-refractivity contribution in [3.05, 3.63) is 59.5 Å². The van der Waals surface area contributed by atoms with E-state index in [1.165, 1.54) is 41.8 Å². The summed E-state index contributed by atoms with van der Waals surface area (Å²) in [6.07, 6.45) is -0.545. The molecule has 0 spiro atoms. The van der Waals surface area contributed by atoms with Gasteiger partial charge < -0.3 is 34.2 Å². The summed E-state index contributed by atoms with van der Waals surface area (Å²) in [4.78, 5) is 29.7. The van der Waals surface area contributed by atoms with Crippen molar-refractivity contribution in [2.24, 2.45) is 5.92 Å². The minimum absolute atomic E-state index is 0.0813. The van der Waals surface area contributed by atoms with Gasteiger partial charge in [0.2, 0.25) is 0 Å². The molecule has 0 aliphatic carbocycles.